The van der Waals surface area contributed by atoms with Crippen molar-refractivity contribution in [3.05, 3.63) is 59.7 Å². The molecular weight excluding hydrogens is 336 g/mol. The van der Waals surface area contributed by atoms with Gasteiger partial charge >= 0.3 is 0 Å². The quantitative estimate of drug-likeness (QED) is 0.753. The first-order valence-electron chi connectivity index (χ1n) is 9.63. The lowest BCUT2D eigenvalue weighted by Crippen LogP contribution is -2.36. The third-order valence-corrected chi connectivity index (χ3v) is 4.64. The minimum Gasteiger partial charge on any atom is -0.497 e. The van der Waals surface area contributed by atoms with E-state index in [0.717, 1.165) is 29.2 Å². The fourth-order valence-corrected chi connectivity index (χ4v) is 3.14. The minimum absolute atomic E-state index is 0.137. The number of benzene rings is 2. The molecule has 4 heteroatoms. The first-order valence-corrected chi connectivity index (χ1v) is 9.63. The standard InChI is InChI=1S/C15H17NO2.C8H19N/c1-17-13-7-3-11(4-8-13)15(16)12-5-9-14(18-2)10-6-12;1-6-9(7(2)3)8(4)5/h3-10,15H,16H2,1-2H3;7-8H,6H2,1-5H3. The Balaban J connectivity index is 0.000000345. The summed E-state index contributed by atoms with van der Waals surface area (Å²) in [6, 6.07) is 16.8. The fourth-order valence-electron chi connectivity index (χ4n) is 3.14. The van der Waals surface area contributed by atoms with Crippen LogP contribution in [0.15, 0.2) is 48.5 Å². The minimum atomic E-state index is -0.137. The predicted molar refractivity (Wildman–Crippen MR) is 115 cm³/mol. The van der Waals surface area contributed by atoms with Crippen LogP contribution in [-0.4, -0.2) is 37.7 Å². The van der Waals surface area contributed by atoms with Crippen molar-refractivity contribution >= 4 is 0 Å². The van der Waals surface area contributed by atoms with Crippen molar-refractivity contribution in [2.24, 2.45) is 5.73 Å². The normalized spacial score (nSPS) is 11.0. The summed E-state index contributed by atoms with van der Waals surface area (Å²) in [5, 5.41) is 0. The van der Waals surface area contributed by atoms with Gasteiger partial charge < -0.3 is 15.2 Å². The largest absolute Gasteiger partial charge is 0.497 e. The molecule has 0 saturated heterocycles. The van der Waals surface area contributed by atoms with Gasteiger partial charge in [-0.15, -0.1) is 0 Å². The Bertz CT molecular complexity index is 581. The van der Waals surface area contributed by atoms with Crippen LogP contribution in [0.4, 0.5) is 0 Å². The van der Waals surface area contributed by atoms with E-state index >= 15 is 0 Å². The van der Waals surface area contributed by atoms with Crippen LogP contribution in [0.5, 0.6) is 11.5 Å². The van der Waals surface area contributed by atoms with Crippen LogP contribution >= 0.6 is 0 Å². The maximum absolute atomic E-state index is 6.22. The van der Waals surface area contributed by atoms with E-state index in [1.54, 1.807) is 14.2 Å². The molecule has 0 aliphatic carbocycles. The molecule has 0 bridgehead atoms. The highest BCUT2D eigenvalue weighted by Crippen LogP contribution is 2.23. The molecule has 2 aromatic carbocycles. The van der Waals surface area contributed by atoms with Crippen LogP contribution in [-0.2, 0) is 0 Å². The van der Waals surface area contributed by atoms with Crippen LogP contribution in [0, 0.1) is 0 Å². The monoisotopic (exact) mass is 372 g/mol. The number of rotatable bonds is 7. The highest BCUT2D eigenvalue weighted by molar-refractivity contribution is 5.37. The number of nitrogens with two attached hydrogens (primary N) is 1. The van der Waals surface area contributed by atoms with E-state index in [0.29, 0.717) is 12.1 Å². The van der Waals surface area contributed by atoms with E-state index in [9.17, 15) is 0 Å². The van der Waals surface area contributed by atoms with Gasteiger partial charge in [0.05, 0.1) is 20.3 Å². The molecule has 0 aliphatic heterocycles. The zero-order valence-electron chi connectivity index (χ0n) is 17.9. The SMILES string of the molecule is CCN(C(C)C)C(C)C.COc1ccc(C(N)c2ccc(OC)cc2)cc1. The van der Waals surface area contributed by atoms with E-state index in [-0.39, 0.29) is 6.04 Å². The Morgan fingerprint density at radius 3 is 1.26 bits per heavy atom. The van der Waals surface area contributed by atoms with E-state index < -0.39 is 0 Å². The third kappa shape index (κ3) is 7.24. The molecule has 0 spiro atoms. The molecule has 150 valence electrons. The molecular formula is C23H36N2O2. The molecule has 0 aliphatic rings. The molecule has 0 aromatic heterocycles. The van der Waals surface area contributed by atoms with E-state index in [1.165, 1.54) is 0 Å². The molecule has 2 N–H and O–H groups in total. The van der Waals surface area contributed by atoms with E-state index in [2.05, 4.69) is 39.5 Å². The van der Waals surface area contributed by atoms with Gasteiger partial charge in [-0.2, -0.15) is 0 Å². The number of nitrogens with zero attached hydrogens (tertiary/aromatic N) is 1. The van der Waals surface area contributed by atoms with Gasteiger partial charge in [0.2, 0.25) is 0 Å². The Morgan fingerprint density at radius 2 is 1.07 bits per heavy atom. The summed E-state index contributed by atoms with van der Waals surface area (Å²) in [6.07, 6.45) is 0. The number of methoxy groups -OCH3 is 2. The van der Waals surface area contributed by atoms with Gasteiger partial charge in [0.15, 0.2) is 0 Å². The summed E-state index contributed by atoms with van der Waals surface area (Å²) in [6.45, 7) is 12.3. The summed E-state index contributed by atoms with van der Waals surface area (Å²) in [4.78, 5) is 2.46. The zero-order valence-corrected chi connectivity index (χ0v) is 17.9. The maximum atomic E-state index is 6.22. The predicted octanol–water partition coefficient (Wildman–Crippen LogP) is 4.88. The van der Waals surface area contributed by atoms with Gasteiger partial charge in [-0.05, 0) is 69.6 Å². The van der Waals surface area contributed by atoms with Crippen LogP contribution in [0.1, 0.15) is 51.8 Å². The van der Waals surface area contributed by atoms with Crippen molar-refractivity contribution in [3.8, 4) is 11.5 Å². The Kier molecular flexibility index (Phi) is 9.90. The van der Waals surface area contributed by atoms with Crippen LogP contribution < -0.4 is 15.2 Å². The van der Waals surface area contributed by atoms with Crippen molar-refractivity contribution in [2.75, 3.05) is 20.8 Å². The van der Waals surface area contributed by atoms with Gasteiger partial charge in [0, 0.05) is 12.1 Å². The molecule has 0 radical (unpaired) electrons. The summed E-state index contributed by atoms with van der Waals surface area (Å²) in [5.41, 5.74) is 8.33. The molecule has 0 fully saturated rings. The summed E-state index contributed by atoms with van der Waals surface area (Å²) >= 11 is 0. The Labute approximate surface area is 165 Å². The molecule has 0 heterocycles. The molecule has 2 aromatic rings. The lowest BCUT2D eigenvalue weighted by atomic mass is 9.99. The fraction of sp³-hybridized carbons (Fsp3) is 0.478. The summed E-state index contributed by atoms with van der Waals surface area (Å²) < 4.78 is 10.3. The lowest BCUT2D eigenvalue weighted by Gasteiger charge is -2.28. The van der Waals surface area contributed by atoms with E-state index in [1.807, 2.05) is 48.5 Å². The van der Waals surface area contributed by atoms with Crippen molar-refractivity contribution in [3.63, 3.8) is 0 Å². The Morgan fingerprint density at radius 1 is 0.741 bits per heavy atom. The average molecular weight is 373 g/mol. The molecule has 4 nitrogen and oxygen atoms in total. The van der Waals surface area contributed by atoms with Gasteiger partial charge in [0.25, 0.3) is 0 Å². The van der Waals surface area contributed by atoms with Gasteiger partial charge in [-0.1, -0.05) is 31.2 Å². The zero-order chi connectivity index (χ0) is 20.4. The van der Waals surface area contributed by atoms with Gasteiger partial charge in [0.1, 0.15) is 11.5 Å². The van der Waals surface area contributed by atoms with Gasteiger partial charge in [-0.3, -0.25) is 4.90 Å². The van der Waals surface area contributed by atoms with Crippen molar-refractivity contribution in [1.82, 2.24) is 4.90 Å². The van der Waals surface area contributed by atoms with Crippen molar-refractivity contribution < 1.29 is 9.47 Å². The first-order chi connectivity index (χ1) is 12.8. The molecule has 0 atom stereocenters. The maximum Gasteiger partial charge on any atom is 0.118 e. The lowest BCUT2D eigenvalue weighted by molar-refractivity contribution is 0.185. The number of hydrogen-bond donors (Lipinski definition) is 1. The highest BCUT2D eigenvalue weighted by Gasteiger charge is 2.09. The van der Waals surface area contributed by atoms with Crippen LogP contribution in [0.25, 0.3) is 0 Å². The van der Waals surface area contributed by atoms with E-state index in [4.69, 9.17) is 15.2 Å². The first kappa shape index (κ1) is 23.0. The average Bonchev–Trinajstić information content (AvgIpc) is 2.68. The van der Waals surface area contributed by atoms with Crippen LogP contribution in [0.2, 0.25) is 0 Å². The smallest absolute Gasteiger partial charge is 0.118 e. The number of ether oxygens (including phenoxy) is 2. The summed E-state index contributed by atoms with van der Waals surface area (Å²) in [5.74, 6) is 1.67. The summed E-state index contributed by atoms with van der Waals surface area (Å²) in [7, 11) is 3.30. The highest BCUT2D eigenvalue weighted by atomic mass is 16.5. The van der Waals surface area contributed by atoms with Gasteiger partial charge in [-0.25, -0.2) is 0 Å². The second-order valence-corrected chi connectivity index (χ2v) is 7.04. The molecule has 0 saturated carbocycles. The molecule has 2 rings (SSSR count). The molecule has 0 amide bonds. The number of hydrogen-bond acceptors (Lipinski definition) is 4. The molecule has 0 unspecified atom stereocenters. The van der Waals surface area contributed by atoms with Crippen molar-refractivity contribution in [1.29, 1.82) is 0 Å². The van der Waals surface area contributed by atoms with Crippen LogP contribution in [0.3, 0.4) is 0 Å². The second-order valence-electron chi connectivity index (χ2n) is 7.04. The van der Waals surface area contributed by atoms with Crippen molar-refractivity contribution in [2.45, 2.75) is 52.7 Å². The topological polar surface area (TPSA) is 47.7 Å². The molecule has 27 heavy (non-hydrogen) atoms. The second kappa shape index (κ2) is 11.6. The third-order valence-electron chi connectivity index (χ3n) is 4.64. The Hall–Kier alpha value is -2.04.